The predicted octanol–water partition coefficient (Wildman–Crippen LogP) is -0.435. The summed E-state index contributed by atoms with van der Waals surface area (Å²) in [6.07, 6.45) is -19.2. The van der Waals surface area contributed by atoms with E-state index in [0.29, 0.717) is 0 Å². The molecule has 0 saturated carbocycles. The second kappa shape index (κ2) is 41.3. The molecule has 5 aromatic heterocycles. The van der Waals surface area contributed by atoms with E-state index in [9.17, 15) is 95.0 Å². The zero-order valence-electron chi connectivity index (χ0n) is 61.2. The Bertz CT molecular complexity index is 4760. The summed E-state index contributed by atoms with van der Waals surface area (Å²) >= 11 is 0. The number of carbonyl (C=O) groups excluding carboxylic acids is 4. The third-order valence-electron chi connectivity index (χ3n) is 16.2. The summed E-state index contributed by atoms with van der Waals surface area (Å²) in [6.45, 7) is 1.26. The smallest absolute Gasteiger partial charge is 0.475 e. The summed E-state index contributed by atoms with van der Waals surface area (Å²) in [6, 6.07) is -1.39. The van der Waals surface area contributed by atoms with Gasteiger partial charge in [0.2, 0.25) is 6.41 Å². The molecule has 4 aliphatic heterocycles. The molecule has 4 aliphatic rings. The molecule has 4 fully saturated rings. The van der Waals surface area contributed by atoms with Crippen molar-refractivity contribution in [2.45, 2.75) is 169 Å². The van der Waals surface area contributed by atoms with Crippen molar-refractivity contribution in [3.63, 3.8) is 0 Å². The molecule has 63 heteroatoms. The molecule has 9 rings (SSSR count). The van der Waals surface area contributed by atoms with Crippen molar-refractivity contribution in [2.75, 3.05) is 56.7 Å². The van der Waals surface area contributed by atoms with Crippen molar-refractivity contribution in [1.29, 1.82) is 5.41 Å². The standard InChI is InChI=1S/C29H42N12O16P2.C24H36N12O14P2.C2HF3O2/c1-29(2,3)56-28(45)37-14(5-4-7-36-39-32)26(43)55-22-17(54-25(21(22)42)41-13-35-20-23(31)33-12-34-24(20)41)11-52-59(49,50)57-15-9-19(40-8-6-18(30)38-27(40)44)53-16(15)10-51-58(46,47)48;25-12(2-1-4-33-34-29)24(39)49-20-15(48-23(19(20)38)36-10-32-18-21(28)30-9-31-22(18)36)8-46-52(43,44)50-13-6-17(35(11-37)5-3-16(26)27)47-14(13)7-45-51(40,41)42;3-2(4,5)1(6)7/h6,8,12-17,19,21-22,25,42H,4-5,7,9-11H2,1-3H3,(H,37,45)(H,49,50)(H2,30,38,44)(H2,31,33,34)(H2,46,47,48);3,5,9-15,17,19-20,23,38H,1-2,4,6-8,25H2,(H3,26,27)(H,43,44)(H2,28,30,31)(H2,40,41,42);(H,6,7)/b;5-3-;/t14-,15-,16+,17+,19+,21+,22+,25+;12-,13-,14+,15+,17+,19+,20+,23+;/m00./s1. The zero-order chi connectivity index (χ0) is 87.6. The van der Waals surface area contributed by atoms with Crippen LogP contribution in [0.25, 0.3) is 43.2 Å². The van der Waals surface area contributed by atoms with Gasteiger partial charge in [-0.3, -0.25) is 60.7 Å². The number of hydrogen-bond donors (Lipinski definition) is 16. The van der Waals surface area contributed by atoms with Gasteiger partial charge in [-0.25, -0.2) is 67.3 Å². The van der Waals surface area contributed by atoms with Gasteiger partial charge in [0.05, 0.1) is 39.1 Å². The number of nitrogens with two attached hydrogens (primary N) is 5. The van der Waals surface area contributed by atoms with Crippen molar-refractivity contribution in [2.24, 2.45) is 21.7 Å². The Morgan fingerprint density at radius 2 is 1.19 bits per heavy atom. The van der Waals surface area contributed by atoms with Crippen molar-refractivity contribution in [1.82, 2.24) is 58.8 Å². The molecule has 56 nitrogen and oxygen atoms in total. The summed E-state index contributed by atoms with van der Waals surface area (Å²) in [7, 11) is -20.6. The molecule has 652 valence electrons. The second-order valence-electron chi connectivity index (χ2n) is 25.9. The van der Waals surface area contributed by atoms with Crippen LogP contribution in [0.1, 0.15) is 78.0 Å². The number of rotatable bonds is 36. The number of carboxylic acid groups (broad SMARTS) is 1. The Kier molecular flexibility index (Phi) is 33.4. The average molecular weight is 1770 g/mol. The fourth-order valence-corrected chi connectivity index (χ4v) is 13.6. The maximum absolute atomic E-state index is 13.7. The number of nitrogens with one attached hydrogen (secondary N) is 2. The molecule has 0 aliphatic carbocycles. The Labute approximate surface area is 658 Å². The fourth-order valence-electron chi connectivity index (χ4n) is 11.0. The number of nitrogen functional groups attached to an aromatic ring is 3. The lowest BCUT2D eigenvalue weighted by atomic mass is 10.1. The molecule has 21 N–H and O–H groups in total. The molecule has 0 bridgehead atoms. The monoisotopic (exact) mass is 1770 g/mol. The number of phosphoric acid groups is 4. The molecule has 0 aromatic carbocycles. The number of aliphatic carboxylic acids is 1. The van der Waals surface area contributed by atoms with Gasteiger partial charge in [0, 0.05) is 48.2 Å². The van der Waals surface area contributed by atoms with Crippen molar-refractivity contribution < 1.29 is 160 Å². The zero-order valence-corrected chi connectivity index (χ0v) is 64.8. The van der Waals surface area contributed by atoms with Crippen LogP contribution in [0, 0.1) is 5.41 Å². The fraction of sp³-hybridized carbons (Fsp3) is 0.600. The lowest BCUT2D eigenvalue weighted by Crippen LogP contribution is -2.47. The quantitative estimate of drug-likeness (QED) is 0.00231. The number of esters is 2. The number of alkyl carbamates (subject to hydrolysis) is 1. The SMILES string of the molecule is CC(C)(C)OC(=O)N[C@@H](CCCN=[N+]=[N-])C(=O)O[C@H]1[C@@H](O)[C@H](n2cnc3c(N)ncnc32)O[C@@H]1COP(=O)(O)O[C@H]1C[C@H](n2ccc(N)nc2=O)O[C@@H]1COP(=O)(O)O.O=C(O)C(F)(F)F.[N-]=[N+]=NCCC[C@H](N)C(=O)O[C@H]1[C@@H](O)[C@H](n2cnc3c(N)ncnc32)O[C@@H]1COP(=O)(O)O[C@H]1C[C@H](N(C=O)/C=C\C(=N)N)O[C@@H]1COP(=O)(O)O. The highest BCUT2D eigenvalue weighted by atomic mass is 31.2. The van der Waals surface area contributed by atoms with E-state index in [4.69, 9.17) is 106 Å². The number of amides is 2. The number of carboxylic acids is 1. The minimum Gasteiger partial charge on any atom is -0.475 e. The van der Waals surface area contributed by atoms with Gasteiger partial charge in [-0.1, -0.05) is 10.2 Å². The third-order valence-corrected chi connectivity index (χ3v) is 19.2. The largest absolute Gasteiger partial charge is 0.490 e. The number of ether oxygens (including phenoxy) is 7. The number of aromatic nitrogens is 10. The first-order valence-electron chi connectivity index (χ1n) is 33.8. The van der Waals surface area contributed by atoms with Crippen LogP contribution in [-0.2, 0) is 97.7 Å². The van der Waals surface area contributed by atoms with Gasteiger partial charge < -0.3 is 112 Å². The number of fused-ring (bicyclic) bond motifs is 2. The van der Waals surface area contributed by atoms with Gasteiger partial charge >= 0.3 is 67.2 Å². The third kappa shape index (κ3) is 28.0. The molecular weight excluding hydrogens is 1690 g/mol. The van der Waals surface area contributed by atoms with Gasteiger partial charge in [-0.05, 0) is 69.7 Å². The number of aliphatic hydroxyl groups is 2. The molecule has 2 unspecified atom stereocenters. The Hall–Kier alpha value is -9.69. The number of hydrogen-bond acceptors (Lipinski definition) is 39. The maximum Gasteiger partial charge on any atom is 0.490 e. The molecule has 9 heterocycles. The van der Waals surface area contributed by atoms with E-state index < -0.39 is 203 Å². The van der Waals surface area contributed by atoms with E-state index in [2.05, 4.69) is 69.3 Å². The first kappa shape index (κ1) is 95.5. The van der Waals surface area contributed by atoms with E-state index in [1.807, 2.05) is 0 Å². The van der Waals surface area contributed by atoms with E-state index in [-0.39, 0.29) is 97.8 Å². The van der Waals surface area contributed by atoms with E-state index in [1.54, 1.807) is 20.8 Å². The summed E-state index contributed by atoms with van der Waals surface area (Å²) in [4.78, 5) is 165. The Morgan fingerprint density at radius 3 is 1.64 bits per heavy atom. The van der Waals surface area contributed by atoms with Gasteiger partial charge in [0.1, 0.15) is 114 Å². The van der Waals surface area contributed by atoms with Crippen molar-refractivity contribution in [3.8, 4) is 0 Å². The predicted molar refractivity (Wildman–Crippen MR) is 381 cm³/mol. The number of amidine groups is 1. The average Bonchev–Trinajstić information content (AvgIpc) is 1.62. The number of carbonyl (C=O) groups is 5. The van der Waals surface area contributed by atoms with E-state index in [0.717, 1.165) is 34.4 Å². The first-order valence-corrected chi connectivity index (χ1v) is 39.8. The molecule has 5 aromatic rings. The highest BCUT2D eigenvalue weighted by Gasteiger charge is 2.53. The maximum atomic E-state index is 13.7. The molecule has 118 heavy (non-hydrogen) atoms. The highest BCUT2D eigenvalue weighted by molar-refractivity contribution is 7.47. The van der Waals surface area contributed by atoms with Crippen LogP contribution in [0.15, 0.2) is 64.9 Å². The van der Waals surface area contributed by atoms with Crippen LogP contribution in [0.2, 0.25) is 0 Å². The summed E-state index contributed by atoms with van der Waals surface area (Å²) in [5.41, 5.74) is 44.3. The van der Waals surface area contributed by atoms with Crippen molar-refractivity contribution in [3.05, 3.63) is 81.2 Å². The van der Waals surface area contributed by atoms with Crippen LogP contribution < -0.4 is 39.7 Å². The number of alkyl halides is 3. The lowest BCUT2D eigenvalue weighted by Gasteiger charge is -2.26. The number of halogens is 3. The highest BCUT2D eigenvalue weighted by Crippen LogP contribution is 2.52. The number of nitrogens with zero attached hydrogens (tertiary/aromatic N) is 17. The van der Waals surface area contributed by atoms with Crippen LogP contribution in [0.5, 0.6) is 0 Å². The van der Waals surface area contributed by atoms with E-state index >= 15 is 0 Å². The number of anilines is 3. The molecular formula is C55H79F3N24O32P4. The Morgan fingerprint density at radius 1 is 0.720 bits per heavy atom. The number of azide groups is 2. The number of imidazole rings is 2. The van der Waals surface area contributed by atoms with Crippen LogP contribution in [-0.4, -0.2) is 265 Å². The van der Waals surface area contributed by atoms with Crippen LogP contribution in [0.3, 0.4) is 0 Å². The molecule has 2 amide bonds. The topological polar surface area (TPSA) is 845 Å². The van der Waals surface area contributed by atoms with Crippen molar-refractivity contribution >= 4 is 107 Å². The normalized spacial score (nSPS) is 24.8. The van der Waals surface area contributed by atoms with Gasteiger partial charge in [-0.15, -0.1) is 0 Å². The summed E-state index contributed by atoms with van der Waals surface area (Å²) in [5, 5.41) is 46.5. The summed E-state index contributed by atoms with van der Waals surface area (Å²) in [5.74, 6) is -5.41. The Balaban J connectivity index is 0.000000303. The number of aliphatic hydroxyl groups excluding tert-OH is 2. The van der Waals surface area contributed by atoms with Gasteiger partial charge in [-0.2, -0.15) is 18.2 Å². The van der Waals surface area contributed by atoms with Gasteiger partial charge in [0.25, 0.3) is 0 Å². The first-order chi connectivity index (χ1) is 55.1. The van der Waals surface area contributed by atoms with E-state index in [1.165, 1.54) is 34.1 Å². The summed E-state index contributed by atoms with van der Waals surface area (Å²) < 4.78 is 154. The number of phosphoric ester groups is 4. The van der Waals surface area contributed by atoms with Crippen LogP contribution in [0.4, 0.5) is 35.4 Å². The van der Waals surface area contributed by atoms with Gasteiger partial charge in [0.15, 0.2) is 47.6 Å². The second-order valence-corrected chi connectivity index (χ2v) is 31.2. The van der Waals surface area contributed by atoms with Crippen LogP contribution >= 0.6 is 31.3 Å². The molecule has 0 radical (unpaired) electrons. The minimum atomic E-state index is -5.24. The molecule has 18 atom stereocenters. The lowest BCUT2D eigenvalue weighted by molar-refractivity contribution is -0.192. The minimum absolute atomic E-state index is 0.0120. The molecule has 0 spiro atoms. The molecule has 4 saturated heterocycles.